The first-order valence-corrected chi connectivity index (χ1v) is 6.32. The molecule has 3 aliphatic rings. The highest BCUT2D eigenvalue weighted by atomic mass is 15.2. The van der Waals surface area contributed by atoms with Crippen LogP contribution in [0.1, 0.15) is 32.1 Å². The predicted octanol–water partition coefficient (Wildman–Crippen LogP) is 1.46. The summed E-state index contributed by atoms with van der Waals surface area (Å²) in [7, 11) is 0. The van der Waals surface area contributed by atoms with Crippen molar-refractivity contribution in [3.05, 3.63) is 0 Å². The Labute approximate surface area is 86.8 Å². The van der Waals surface area contributed by atoms with Crippen LogP contribution in [0.15, 0.2) is 0 Å². The number of likely N-dealkylation sites (tertiary alicyclic amines) is 1. The van der Waals surface area contributed by atoms with Gasteiger partial charge in [0.15, 0.2) is 0 Å². The van der Waals surface area contributed by atoms with Gasteiger partial charge in [0.1, 0.15) is 0 Å². The fraction of sp³-hybridized carbons (Fsp3) is 1.00. The topological polar surface area (TPSA) is 29.3 Å². The van der Waals surface area contributed by atoms with Crippen molar-refractivity contribution in [2.75, 3.05) is 19.6 Å². The van der Waals surface area contributed by atoms with Gasteiger partial charge in [-0.3, -0.25) is 4.90 Å². The van der Waals surface area contributed by atoms with Gasteiger partial charge in [-0.15, -0.1) is 0 Å². The first-order valence-electron chi connectivity index (χ1n) is 6.32. The molecule has 3 rings (SSSR count). The van der Waals surface area contributed by atoms with Gasteiger partial charge in [0.25, 0.3) is 0 Å². The molecule has 2 aliphatic carbocycles. The van der Waals surface area contributed by atoms with Gasteiger partial charge >= 0.3 is 0 Å². The summed E-state index contributed by atoms with van der Waals surface area (Å²) in [5.41, 5.74) is 5.91. The molecule has 0 amide bonds. The smallest absolute Gasteiger partial charge is 0.00966 e. The highest BCUT2D eigenvalue weighted by Crippen LogP contribution is 2.42. The van der Waals surface area contributed by atoms with Crippen molar-refractivity contribution in [2.24, 2.45) is 23.5 Å². The third-order valence-electron chi connectivity index (χ3n) is 4.63. The first kappa shape index (κ1) is 9.17. The lowest BCUT2D eigenvalue weighted by atomic mass is 9.69. The Morgan fingerprint density at radius 1 is 1.00 bits per heavy atom. The zero-order valence-electron chi connectivity index (χ0n) is 8.99. The lowest BCUT2D eigenvalue weighted by Crippen LogP contribution is -2.51. The van der Waals surface area contributed by atoms with E-state index < -0.39 is 0 Å². The summed E-state index contributed by atoms with van der Waals surface area (Å²) in [4.78, 5) is 2.76. The Kier molecular flexibility index (Phi) is 2.29. The minimum Gasteiger partial charge on any atom is -0.330 e. The van der Waals surface area contributed by atoms with E-state index in [4.69, 9.17) is 5.73 Å². The van der Waals surface area contributed by atoms with E-state index >= 15 is 0 Å². The summed E-state index contributed by atoms with van der Waals surface area (Å²) in [6.45, 7) is 3.67. The molecule has 2 saturated carbocycles. The second-order valence-corrected chi connectivity index (χ2v) is 5.54. The zero-order valence-corrected chi connectivity index (χ0v) is 8.99. The number of hydrogen-bond donors (Lipinski definition) is 1. The zero-order chi connectivity index (χ0) is 9.54. The van der Waals surface area contributed by atoms with Gasteiger partial charge in [-0.2, -0.15) is 0 Å². The van der Waals surface area contributed by atoms with Gasteiger partial charge in [0, 0.05) is 19.1 Å². The Morgan fingerprint density at radius 2 is 1.64 bits per heavy atom. The van der Waals surface area contributed by atoms with Crippen LogP contribution in [0.25, 0.3) is 0 Å². The second kappa shape index (κ2) is 3.49. The summed E-state index contributed by atoms with van der Waals surface area (Å²) in [6, 6.07) is 0.969. The molecule has 0 spiro atoms. The average Bonchev–Trinajstić information content (AvgIpc) is 2.98. The van der Waals surface area contributed by atoms with Crippen LogP contribution < -0.4 is 5.73 Å². The van der Waals surface area contributed by atoms with E-state index in [0.29, 0.717) is 0 Å². The molecule has 1 heterocycles. The number of hydrogen-bond acceptors (Lipinski definition) is 2. The molecule has 2 N–H and O–H groups in total. The molecule has 2 heteroatoms. The van der Waals surface area contributed by atoms with Crippen LogP contribution in [-0.2, 0) is 0 Å². The lowest BCUT2D eigenvalue weighted by molar-refractivity contribution is 0.0231. The second-order valence-electron chi connectivity index (χ2n) is 5.54. The molecule has 3 fully saturated rings. The van der Waals surface area contributed by atoms with Crippen LogP contribution in [0.4, 0.5) is 0 Å². The summed E-state index contributed by atoms with van der Waals surface area (Å²) in [5.74, 6) is 2.74. The van der Waals surface area contributed by atoms with Crippen molar-refractivity contribution >= 4 is 0 Å². The molecular weight excluding hydrogens is 172 g/mol. The Hall–Kier alpha value is -0.0800. The minimum atomic E-state index is 0.860. The quantitative estimate of drug-likeness (QED) is 0.721. The normalized spacial score (nSPS) is 43.9. The van der Waals surface area contributed by atoms with Crippen LogP contribution in [0.2, 0.25) is 0 Å². The molecule has 2 unspecified atom stereocenters. The molecule has 80 valence electrons. The van der Waals surface area contributed by atoms with Crippen LogP contribution in [0.3, 0.4) is 0 Å². The molecule has 1 saturated heterocycles. The van der Waals surface area contributed by atoms with E-state index in [0.717, 1.165) is 30.3 Å². The monoisotopic (exact) mass is 194 g/mol. The van der Waals surface area contributed by atoms with Gasteiger partial charge < -0.3 is 5.73 Å². The maximum absolute atomic E-state index is 5.91. The van der Waals surface area contributed by atoms with Gasteiger partial charge in [-0.1, -0.05) is 6.42 Å². The molecule has 14 heavy (non-hydrogen) atoms. The Morgan fingerprint density at radius 3 is 2.14 bits per heavy atom. The minimum absolute atomic E-state index is 0.860. The molecule has 0 aromatic heterocycles. The average molecular weight is 194 g/mol. The SMILES string of the molecule is NCC1C2CCCC1CN(C1CC1)C2. The maximum atomic E-state index is 5.91. The highest BCUT2D eigenvalue weighted by molar-refractivity contribution is 4.95. The van der Waals surface area contributed by atoms with E-state index in [2.05, 4.69) is 4.90 Å². The standard InChI is InChI=1S/C12H22N2/c13-6-12-9-2-1-3-10(12)8-14(7-9)11-4-5-11/h9-12H,1-8,13H2. The number of nitrogens with two attached hydrogens (primary N) is 1. The van der Waals surface area contributed by atoms with E-state index in [1.54, 1.807) is 0 Å². The summed E-state index contributed by atoms with van der Waals surface area (Å²) in [5, 5.41) is 0. The van der Waals surface area contributed by atoms with Crippen LogP contribution in [0.5, 0.6) is 0 Å². The van der Waals surface area contributed by atoms with Gasteiger partial charge in [0.2, 0.25) is 0 Å². The van der Waals surface area contributed by atoms with Crippen LogP contribution in [0, 0.1) is 17.8 Å². The first-order chi connectivity index (χ1) is 6.88. The molecule has 2 atom stereocenters. The molecule has 0 aromatic rings. The van der Waals surface area contributed by atoms with Crippen molar-refractivity contribution < 1.29 is 0 Å². The Bertz CT molecular complexity index is 198. The number of nitrogens with zero attached hydrogens (tertiary/aromatic N) is 1. The lowest BCUT2D eigenvalue weighted by Gasteiger charge is -2.47. The van der Waals surface area contributed by atoms with Crippen molar-refractivity contribution in [3.63, 3.8) is 0 Å². The summed E-state index contributed by atoms with van der Waals surface area (Å²) in [6.07, 6.45) is 7.28. The van der Waals surface area contributed by atoms with Crippen LogP contribution in [-0.4, -0.2) is 30.6 Å². The fourth-order valence-electron chi connectivity index (χ4n) is 3.71. The van der Waals surface area contributed by atoms with Crippen molar-refractivity contribution in [2.45, 2.75) is 38.1 Å². The fourth-order valence-corrected chi connectivity index (χ4v) is 3.71. The molecule has 1 aliphatic heterocycles. The van der Waals surface area contributed by atoms with Crippen LogP contribution >= 0.6 is 0 Å². The molecular formula is C12H22N2. The number of rotatable bonds is 2. The third-order valence-corrected chi connectivity index (χ3v) is 4.63. The van der Waals surface area contributed by atoms with Gasteiger partial charge in [0.05, 0.1) is 0 Å². The van der Waals surface area contributed by atoms with Crippen molar-refractivity contribution in [3.8, 4) is 0 Å². The summed E-state index contributed by atoms with van der Waals surface area (Å²) < 4.78 is 0. The van der Waals surface area contributed by atoms with E-state index in [1.165, 1.54) is 45.2 Å². The molecule has 2 bridgehead atoms. The number of fused-ring (bicyclic) bond motifs is 2. The molecule has 2 nitrogen and oxygen atoms in total. The Balaban J connectivity index is 1.71. The summed E-state index contributed by atoms with van der Waals surface area (Å²) >= 11 is 0. The largest absolute Gasteiger partial charge is 0.330 e. The van der Waals surface area contributed by atoms with Gasteiger partial charge in [-0.05, 0) is 50.0 Å². The van der Waals surface area contributed by atoms with E-state index in [-0.39, 0.29) is 0 Å². The van der Waals surface area contributed by atoms with Gasteiger partial charge in [-0.25, -0.2) is 0 Å². The third kappa shape index (κ3) is 1.49. The highest BCUT2D eigenvalue weighted by Gasteiger charge is 2.42. The number of piperidine rings is 1. The van der Waals surface area contributed by atoms with E-state index in [9.17, 15) is 0 Å². The van der Waals surface area contributed by atoms with Crippen molar-refractivity contribution in [1.82, 2.24) is 4.90 Å². The predicted molar refractivity (Wildman–Crippen MR) is 58.0 cm³/mol. The maximum Gasteiger partial charge on any atom is 0.00966 e. The molecule has 0 aromatic carbocycles. The van der Waals surface area contributed by atoms with Crippen molar-refractivity contribution in [1.29, 1.82) is 0 Å². The van der Waals surface area contributed by atoms with E-state index in [1.807, 2.05) is 0 Å². The molecule has 0 radical (unpaired) electrons.